The zero-order valence-corrected chi connectivity index (χ0v) is 19.3. The summed E-state index contributed by atoms with van der Waals surface area (Å²) in [6.07, 6.45) is 10.3. The Kier molecular flexibility index (Phi) is 10.5. The minimum absolute atomic E-state index is 0.280. The standard InChI is InChI=1S/C24H31NO2.ClHO4/c1-2-11-22-21-15-9-8-14-20(21)18-23(19-12-5-3-6-13-19)25(22)17-10-4-7-16-24(26)27;2-1(3,4)5/h3,5-6,12-13,18H,2,4,7-11,14-17H2,1H3;(H,2,3,4,5). The van der Waals surface area contributed by atoms with Gasteiger partial charge in [-0.25, -0.2) is 18.6 Å². The molecule has 3 rings (SSSR count). The lowest BCUT2D eigenvalue weighted by Gasteiger charge is -2.20. The lowest BCUT2D eigenvalue weighted by Crippen LogP contribution is -2.68. The fourth-order valence-electron chi connectivity index (χ4n) is 4.32. The molecule has 0 saturated heterocycles. The van der Waals surface area contributed by atoms with E-state index in [1.807, 2.05) is 0 Å². The summed E-state index contributed by atoms with van der Waals surface area (Å²) in [6, 6.07) is 13.2. The van der Waals surface area contributed by atoms with Gasteiger partial charge in [0.25, 0.3) is 0 Å². The highest BCUT2D eigenvalue weighted by molar-refractivity contribution is 5.66. The first-order valence-corrected chi connectivity index (χ1v) is 12.4. The Morgan fingerprint density at radius 3 is 2.31 bits per heavy atom. The van der Waals surface area contributed by atoms with E-state index in [0.29, 0.717) is 0 Å². The molecule has 1 N–H and O–H groups in total. The van der Waals surface area contributed by atoms with E-state index in [-0.39, 0.29) is 6.42 Å². The molecule has 0 atom stereocenters. The molecule has 8 heteroatoms. The van der Waals surface area contributed by atoms with Gasteiger partial charge in [-0.15, -0.1) is 10.2 Å². The fourth-order valence-corrected chi connectivity index (χ4v) is 4.32. The van der Waals surface area contributed by atoms with Crippen molar-refractivity contribution in [3.05, 3.63) is 53.2 Å². The third-order valence-corrected chi connectivity index (χ3v) is 5.62. The number of pyridine rings is 1. The van der Waals surface area contributed by atoms with Crippen LogP contribution in [0.5, 0.6) is 0 Å². The second-order valence-corrected chi connectivity index (χ2v) is 8.79. The van der Waals surface area contributed by atoms with Gasteiger partial charge in [0.05, 0.1) is 0 Å². The lowest BCUT2D eigenvalue weighted by molar-refractivity contribution is -2.00. The second kappa shape index (κ2) is 12.9. The maximum atomic E-state index is 10.8. The number of rotatable bonds is 9. The molecule has 1 aliphatic carbocycles. The normalized spacial score (nSPS) is 13.2. The molecule has 1 heterocycles. The minimum Gasteiger partial charge on any atom is -0.481 e. The number of hydrogen-bond acceptors (Lipinski definition) is 5. The average molecular weight is 466 g/mol. The van der Waals surface area contributed by atoms with E-state index in [4.69, 9.17) is 23.7 Å². The van der Waals surface area contributed by atoms with Crippen LogP contribution < -0.4 is 23.2 Å². The van der Waals surface area contributed by atoms with Crippen molar-refractivity contribution in [1.29, 1.82) is 0 Å². The van der Waals surface area contributed by atoms with Crippen LogP contribution in [0.15, 0.2) is 36.4 Å². The van der Waals surface area contributed by atoms with Gasteiger partial charge in [-0.3, -0.25) is 4.79 Å². The smallest absolute Gasteiger partial charge is 0.303 e. The predicted molar refractivity (Wildman–Crippen MR) is 109 cm³/mol. The average Bonchev–Trinajstić information content (AvgIpc) is 2.73. The Morgan fingerprint density at radius 1 is 1.03 bits per heavy atom. The molecule has 1 aromatic heterocycles. The molecule has 7 nitrogen and oxygen atoms in total. The Labute approximate surface area is 191 Å². The molecule has 176 valence electrons. The topological polar surface area (TPSA) is 133 Å². The second-order valence-electron chi connectivity index (χ2n) is 8.04. The van der Waals surface area contributed by atoms with Crippen molar-refractivity contribution >= 4 is 5.97 Å². The molecule has 0 aliphatic heterocycles. The van der Waals surface area contributed by atoms with Crippen LogP contribution in [-0.2, 0) is 30.6 Å². The lowest BCUT2D eigenvalue weighted by atomic mass is 9.88. The molecule has 0 unspecified atom stereocenters. The van der Waals surface area contributed by atoms with E-state index in [2.05, 4.69) is 47.9 Å². The van der Waals surface area contributed by atoms with E-state index < -0.39 is 16.2 Å². The Balaban J connectivity index is 0.000000654. The molecule has 0 radical (unpaired) electrons. The molecule has 32 heavy (non-hydrogen) atoms. The quantitative estimate of drug-likeness (QED) is 0.420. The van der Waals surface area contributed by atoms with E-state index in [1.54, 1.807) is 11.1 Å². The van der Waals surface area contributed by atoms with Crippen molar-refractivity contribution in [3.63, 3.8) is 0 Å². The van der Waals surface area contributed by atoms with Gasteiger partial charge >= 0.3 is 5.97 Å². The van der Waals surface area contributed by atoms with Crippen LogP contribution in [0.1, 0.15) is 68.7 Å². The first-order valence-electron chi connectivity index (χ1n) is 11.2. The molecule has 0 fully saturated rings. The maximum absolute atomic E-state index is 10.8. The summed E-state index contributed by atoms with van der Waals surface area (Å²) in [6.45, 7) is 3.24. The third kappa shape index (κ3) is 8.84. The van der Waals surface area contributed by atoms with Gasteiger partial charge in [0.2, 0.25) is 5.69 Å². The molecular weight excluding hydrogens is 434 g/mol. The van der Waals surface area contributed by atoms with Gasteiger partial charge in [-0.05, 0) is 62.6 Å². The first kappa shape index (κ1) is 26.2. The number of aliphatic carboxylic acids is 1. The maximum Gasteiger partial charge on any atom is 0.303 e. The summed E-state index contributed by atoms with van der Waals surface area (Å²) in [4.78, 5) is 10.8. The molecule has 0 spiro atoms. The number of aryl methyl sites for hydroxylation is 1. The monoisotopic (exact) mass is 465 g/mol. The van der Waals surface area contributed by atoms with Crippen molar-refractivity contribution < 1.29 is 43.3 Å². The van der Waals surface area contributed by atoms with Gasteiger partial charge in [-0.2, -0.15) is 4.57 Å². The molecule has 1 aliphatic rings. The highest BCUT2D eigenvalue weighted by Gasteiger charge is 2.26. The van der Waals surface area contributed by atoms with Crippen LogP contribution >= 0.6 is 0 Å². The van der Waals surface area contributed by atoms with Crippen LogP contribution in [0.4, 0.5) is 0 Å². The fraction of sp³-hybridized carbons (Fsp3) is 0.500. The number of halogens is 1. The van der Waals surface area contributed by atoms with Crippen LogP contribution in [0.3, 0.4) is 0 Å². The summed E-state index contributed by atoms with van der Waals surface area (Å²) in [7, 11) is -4.94. The van der Waals surface area contributed by atoms with Crippen LogP contribution in [0.2, 0.25) is 0 Å². The number of fused-ring (bicyclic) bond motifs is 1. The van der Waals surface area contributed by atoms with Crippen molar-refractivity contribution in [2.24, 2.45) is 0 Å². The van der Waals surface area contributed by atoms with Crippen LogP contribution in [-0.4, -0.2) is 11.1 Å². The van der Waals surface area contributed by atoms with E-state index in [0.717, 1.165) is 38.6 Å². The number of aromatic nitrogens is 1. The highest BCUT2D eigenvalue weighted by atomic mass is 35.7. The predicted octanol–water partition coefficient (Wildman–Crippen LogP) is 0.361. The van der Waals surface area contributed by atoms with E-state index >= 15 is 0 Å². The molecule has 0 amide bonds. The largest absolute Gasteiger partial charge is 0.481 e. The minimum atomic E-state index is -4.94. The summed E-state index contributed by atoms with van der Waals surface area (Å²) >= 11 is 0. The molecule has 0 saturated carbocycles. The third-order valence-electron chi connectivity index (χ3n) is 5.62. The zero-order chi connectivity index (χ0) is 23.6. The molecular formula is C24H32ClNO6. The number of nitrogens with zero attached hydrogens (tertiary/aromatic N) is 1. The number of carbonyl (C=O) groups is 1. The van der Waals surface area contributed by atoms with Gasteiger partial charge in [0, 0.05) is 36.5 Å². The number of benzene rings is 1. The highest BCUT2D eigenvalue weighted by Crippen LogP contribution is 2.28. The zero-order valence-electron chi connectivity index (χ0n) is 18.6. The SMILES string of the molecule is CCCc1c2c(cc(-c3ccccc3)[n+]1CCCCCC(=O)O)CCCC2.[O-][Cl+3]([O-])([O-])[O-]. The number of hydrogen-bond donors (Lipinski definition) is 1. The van der Waals surface area contributed by atoms with Crippen molar-refractivity contribution in [2.75, 3.05) is 0 Å². The summed E-state index contributed by atoms with van der Waals surface area (Å²) < 4.78 is 36.5. The molecule has 2 aromatic rings. The number of unbranched alkanes of at least 4 members (excludes halogenated alkanes) is 2. The Bertz CT molecular complexity index is 861. The number of carboxylic acids is 1. The molecule has 1 aromatic carbocycles. The number of carboxylic acid groups (broad SMARTS) is 1. The van der Waals surface area contributed by atoms with E-state index in [9.17, 15) is 4.79 Å². The van der Waals surface area contributed by atoms with Gasteiger partial charge in [0.15, 0.2) is 5.69 Å². The summed E-state index contributed by atoms with van der Waals surface area (Å²) in [5.74, 6) is -0.687. The Hall–Kier alpha value is -2.03. The molecule has 0 bridgehead atoms. The van der Waals surface area contributed by atoms with Gasteiger partial charge in [-0.1, -0.05) is 25.1 Å². The van der Waals surface area contributed by atoms with Crippen molar-refractivity contribution in [1.82, 2.24) is 0 Å². The summed E-state index contributed by atoms with van der Waals surface area (Å²) in [5.41, 5.74) is 7.28. The van der Waals surface area contributed by atoms with Crippen molar-refractivity contribution in [3.8, 4) is 11.3 Å². The van der Waals surface area contributed by atoms with E-state index in [1.165, 1.54) is 42.6 Å². The Morgan fingerprint density at radius 2 is 1.69 bits per heavy atom. The van der Waals surface area contributed by atoms with Crippen LogP contribution in [0.25, 0.3) is 11.3 Å². The van der Waals surface area contributed by atoms with Crippen molar-refractivity contribution in [2.45, 2.75) is 77.7 Å². The van der Waals surface area contributed by atoms with Gasteiger partial charge in [0.1, 0.15) is 6.54 Å². The first-order chi connectivity index (χ1) is 15.2. The summed E-state index contributed by atoms with van der Waals surface area (Å²) in [5, 5.41) is 8.86. The van der Waals surface area contributed by atoms with Crippen LogP contribution in [0, 0.1) is 10.2 Å². The van der Waals surface area contributed by atoms with Gasteiger partial charge < -0.3 is 5.11 Å².